The van der Waals surface area contributed by atoms with Crippen molar-refractivity contribution in [1.82, 2.24) is 19.5 Å². The molecule has 0 unspecified atom stereocenters. The van der Waals surface area contributed by atoms with Crippen molar-refractivity contribution in [3.63, 3.8) is 0 Å². The first-order valence-electron chi connectivity index (χ1n) is 20.6. The van der Waals surface area contributed by atoms with Gasteiger partial charge in [-0.1, -0.05) is 13.0 Å². The summed E-state index contributed by atoms with van der Waals surface area (Å²) in [6.07, 6.45) is -1.18. The molecule has 2 aromatic rings. The Morgan fingerprint density at radius 3 is 1.64 bits per heavy atom. The van der Waals surface area contributed by atoms with Crippen LogP contribution >= 0.6 is 15.6 Å². The van der Waals surface area contributed by atoms with Crippen LogP contribution in [0, 0.1) is 27.6 Å². The average molecular weight is 956 g/mol. The first kappa shape index (κ1) is 52.5. The summed E-state index contributed by atoms with van der Waals surface area (Å²) in [5, 5.41) is 2.78. The fourth-order valence-electron chi connectivity index (χ4n) is 4.84. The van der Waals surface area contributed by atoms with E-state index in [9.17, 15) is 28.3 Å². The maximum absolute atomic E-state index is 16.6. The van der Waals surface area contributed by atoms with Crippen molar-refractivity contribution in [3.8, 4) is 5.88 Å². The molecule has 0 aliphatic carbocycles. The second kappa shape index (κ2) is 21.0. The van der Waals surface area contributed by atoms with E-state index in [0.29, 0.717) is 0 Å². The number of imidazole rings is 1. The molecule has 2 aromatic heterocycles. The summed E-state index contributed by atoms with van der Waals surface area (Å²) in [5.74, 6) is -4.80. The number of rotatable bonds is 21. The standard InChI is InChI=1S/C39H62FN5O17P2/c1-16-39(18-56-63(50,57-20-52-30(46)35(4,5)6)58-21-53-31(47)36(7,8)9)24(3)25(40)29(61-39)45-19-42-26-27(45)43-34(41-17-2)44-28(26)62-64(51,59-22-54-32(48)37(10,11)12)60-23-55-33(49)38(13,14)15/h16,19,24-25,29H,1,17-18,20-23H2,2-15H3,(H,41,43,44)/t24-,25+,29+,39+/m0/s1/i2T. The third-order valence-corrected chi connectivity index (χ3v) is 11.4. The molecule has 1 saturated heterocycles. The Morgan fingerprint density at radius 1 is 0.797 bits per heavy atom. The van der Waals surface area contributed by atoms with E-state index in [0.717, 1.165) is 10.9 Å². The minimum atomic E-state index is -4.94. The summed E-state index contributed by atoms with van der Waals surface area (Å²) >= 11 is 0. The van der Waals surface area contributed by atoms with Crippen LogP contribution in [-0.4, -0.2) is 95.5 Å². The number of nitrogens with zero attached hydrogens (tertiary/aromatic N) is 4. The van der Waals surface area contributed by atoms with Gasteiger partial charge in [-0.3, -0.25) is 28.3 Å². The zero-order valence-corrected chi connectivity index (χ0v) is 40.3. The number of hydrogen-bond acceptors (Lipinski definition) is 21. The zero-order chi connectivity index (χ0) is 49.4. The van der Waals surface area contributed by atoms with E-state index in [1.807, 2.05) is 0 Å². The van der Waals surface area contributed by atoms with E-state index >= 15 is 4.39 Å². The molecule has 0 saturated carbocycles. The number of nitrogens with one attached hydrogen (secondary N) is 1. The van der Waals surface area contributed by atoms with Crippen LogP contribution in [0.5, 0.6) is 5.88 Å². The van der Waals surface area contributed by atoms with Crippen molar-refractivity contribution in [2.75, 3.05) is 45.6 Å². The van der Waals surface area contributed by atoms with Crippen molar-refractivity contribution >= 4 is 56.6 Å². The smallest absolute Gasteiger partial charge is 0.437 e. The number of ether oxygens (including phenoxy) is 5. The predicted molar refractivity (Wildman–Crippen MR) is 224 cm³/mol. The Labute approximate surface area is 373 Å². The number of fused-ring (bicyclic) bond motifs is 1. The molecule has 0 radical (unpaired) electrons. The highest BCUT2D eigenvalue weighted by atomic mass is 31.2. The summed E-state index contributed by atoms with van der Waals surface area (Å²) in [7, 11) is -9.73. The third-order valence-electron chi connectivity index (χ3n) is 8.85. The summed E-state index contributed by atoms with van der Waals surface area (Å²) < 4.78 is 113. The van der Waals surface area contributed by atoms with Gasteiger partial charge in [0.25, 0.3) is 5.88 Å². The third kappa shape index (κ3) is 14.5. The highest BCUT2D eigenvalue weighted by Gasteiger charge is 2.54. The van der Waals surface area contributed by atoms with Crippen molar-refractivity contribution in [2.24, 2.45) is 27.6 Å². The number of carbonyl (C=O) groups excluding carboxylic acids is 4. The van der Waals surface area contributed by atoms with Crippen LogP contribution < -0.4 is 9.84 Å². The number of phosphoric acid groups is 2. The zero-order valence-electron chi connectivity index (χ0n) is 39.5. The minimum Gasteiger partial charge on any atom is -0.437 e. The molecule has 0 aromatic carbocycles. The van der Waals surface area contributed by atoms with Crippen molar-refractivity contribution in [1.29, 1.82) is 0 Å². The fraction of sp³-hybridized carbons (Fsp3) is 0.718. The maximum Gasteiger partial charge on any atom is 0.537 e. The van der Waals surface area contributed by atoms with Gasteiger partial charge in [0, 0.05) is 13.8 Å². The largest absolute Gasteiger partial charge is 0.537 e. The van der Waals surface area contributed by atoms with Crippen LogP contribution in [0.1, 0.15) is 105 Å². The number of phosphoric ester groups is 2. The second-order valence-corrected chi connectivity index (χ2v) is 21.7. The van der Waals surface area contributed by atoms with Gasteiger partial charge in [-0.15, -0.1) is 6.58 Å². The Hall–Kier alpha value is -4.08. The molecule has 64 heavy (non-hydrogen) atoms. The lowest BCUT2D eigenvalue weighted by atomic mass is 9.88. The molecule has 25 heteroatoms. The Bertz CT molecular complexity index is 2040. The quantitative estimate of drug-likeness (QED) is 0.0416. The van der Waals surface area contributed by atoms with E-state index in [4.69, 9.17) is 52.2 Å². The SMILES string of the molecule is [3H]CCNc1nc(OP(=O)(OCOC(=O)C(C)(C)C)OCOC(=O)C(C)(C)C)c2ncn([C@@H]3O[C@](C=C)(COP(=O)(OCOC(=O)C(C)(C)C)OCOC(=O)C(C)(C)C)[C@@H](C)[C@H]3F)c2n1. The molecule has 1 fully saturated rings. The Kier molecular flexibility index (Phi) is 17.3. The minimum absolute atomic E-state index is 0.00385. The van der Waals surface area contributed by atoms with Gasteiger partial charge in [0.15, 0.2) is 23.6 Å². The van der Waals surface area contributed by atoms with Gasteiger partial charge in [0.1, 0.15) is 5.60 Å². The van der Waals surface area contributed by atoms with Gasteiger partial charge in [0.05, 0.1) is 34.6 Å². The molecular weight excluding hydrogens is 891 g/mol. The molecule has 3 rings (SSSR count). The molecule has 0 bridgehead atoms. The summed E-state index contributed by atoms with van der Waals surface area (Å²) in [6, 6.07) is 0. The van der Waals surface area contributed by atoms with Gasteiger partial charge in [0.2, 0.25) is 33.1 Å². The number of hydrogen-bond donors (Lipinski definition) is 1. The number of halogens is 1. The normalized spacial score (nSPS) is 20.0. The van der Waals surface area contributed by atoms with E-state index in [-0.39, 0.29) is 30.6 Å². The van der Waals surface area contributed by atoms with Crippen LogP contribution in [0.25, 0.3) is 11.2 Å². The van der Waals surface area contributed by atoms with Gasteiger partial charge in [-0.05, 0) is 90.0 Å². The molecule has 1 aliphatic rings. The molecule has 1 N–H and O–H groups in total. The van der Waals surface area contributed by atoms with E-state index < -0.39 is 125 Å². The molecular formula is C39H62FN5O17P2. The van der Waals surface area contributed by atoms with Gasteiger partial charge < -0.3 is 33.5 Å². The molecule has 0 amide bonds. The molecule has 0 spiro atoms. The lowest BCUT2D eigenvalue weighted by molar-refractivity contribution is -0.165. The average Bonchev–Trinajstić information content (AvgIpc) is 3.72. The van der Waals surface area contributed by atoms with Crippen molar-refractivity contribution in [3.05, 3.63) is 19.0 Å². The molecule has 3 heterocycles. The van der Waals surface area contributed by atoms with E-state index in [1.54, 1.807) is 83.1 Å². The molecule has 22 nitrogen and oxygen atoms in total. The maximum atomic E-state index is 16.6. The van der Waals surface area contributed by atoms with Crippen LogP contribution in [0.15, 0.2) is 19.0 Å². The molecule has 4 atom stereocenters. The second-order valence-electron chi connectivity index (χ2n) is 18.5. The topological polar surface area (TPSA) is 260 Å². The Morgan fingerprint density at radius 2 is 1.23 bits per heavy atom. The first-order chi connectivity index (χ1) is 29.8. The number of anilines is 1. The monoisotopic (exact) mass is 955 g/mol. The van der Waals surface area contributed by atoms with Crippen molar-refractivity contribution < 1.29 is 84.9 Å². The predicted octanol–water partition coefficient (Wildman–Crippen LogP) is 7.55. The van der Waals surface area contributed by atoms with Crippen LogP contribution in [0.2, 0.25) is 0 Å². The van der Waals surface area contributed by atoms with E-state index in [1.165, 1.54) is 13.0 Å². The number of alkyl halides is 1. The Balaban J connectivity index is 2.00. The number of carbonyl (C=O) groups is 4. The van der Waals surface area contributed by atoms with E-state index in [2.05, 4.69) is 26.8 Å². The lowest BCUT2D eigenvalue weighted by Crippen LogP contribution is -2.38. The molecule has 362 valence electrons. The first-order valence-corrected chi connectivity index (χ1v) is 22.8. The number of aromatic nitrogens is 4. The highest BCUT2D eigenvalue weighted by Crippen LogP contribution is 2.54. The fourth-order valence-corrected chi connectivity index (χ4v) is 6.67. The molecule has 1 aliphatic heterocycles. The van der Waals surface area contributed by atoms with Crippen LogP contribution in [0.3, 0.4) is 0 Å². The van der Waals surface area contributed by atoms with Crippen LogP contribution in [0.4, 0.5) is 10.3 Å². The summed E-state index contributed by atoms with van der Waals surface area (Å²) in [5.41, 5.74) is -6.08. The number of esters is 4. The highest BCUT2D eigenvalue weighted by molar-refractivity contribution is 7.49. The summed E-state index contributed by atoms with van der Waals surface area (Å²) in [4.78, 5) is 62.6. The van der Waals surface area contributed by atoms with Gasteiger partial charge >= 0.3 is 39.5 Å². The van der Waals surface area contributed by atoms with Crippen LogP contribution in [-0.2, 0) is 74.6 Å². The van der Waals surface area contributed by atoms with Gasteiger partial charge in [-0.25, -0.2) is 36.6 Å². The van der Waals surface area contributed by atoms with Gasteiger partial charge in [-0.2, -0.15) is 9.97 Å². The van der Waals surface area contributed by atoms with Crippen molar-refractivity contribution in [2.45, 2.75) is 115 Å². The summed E-state index contributed by atoms with van der Waals surface area (Å²) in [6.45, 7) is 19.6. The lowest BCUT2D eigenvalue weighted by Gasteiger charge is -2.30.